The van der Waals surface area contributed by atoms with Gasteiger partial charge in [-0.2, -0.15) is 0 Å². The van der Waals surface area contributed by atoms with Gasteiger partial charge in [-0.25, -0.2) is 9.37 Å². The van der Waals surface area contributed by atoms with Gasteiger partial charge < -0.3 is 0 Å². The molecule has 154 valence electrons. The maximum Gasteiger partial charge on any atom is 0.333 e. The van der Waals surface area contributed by atoms with Gasteiger partial charge in [0.15, 0.2) is 0 Å². The highest BCUT2D eigenvalue weighted by Gasteiger charge is 2.52. The number of urea groups is 1. The van der Waals surface area contributed by atoms with Crippen molar-refractivity contribution in [2.24, 2.45) is 10.9 Å². The third kappa shape index (κ3) is 3.83. The van der Waals surface area contributed by atoms with Crippen LogP contribution < -0.4 is 0 Å². The van der Waals surface area contributed by atoms with Gasteiger partial charge in [0.25, 0.3) is 17.8 Å². The number of benzene rings is 1. The Bertz CT molecular complexity index is 863. The fourth-order valence-corrected chi connectivity index (χ4v) is 4.56. The number of nitrogens with zero attached hydrogens (tertiary/aromatic N) is 5. The van der Waals surface area contributed by atoms with Gasteiger partial charge in [-0.3, -0.25) is 19.5 Å². The summed E-state index contributed by atoms with van der Waals surface area (Å²) in [6.45, 7) is 5.81. The number of imide groups is 1. The lowest BCUT2D eigenvalue weighted by molar-refractivity contribution is -0.535. The van der Waals surface area contributed by atoms with E-state index in [1.807, 2.05) is 18.2 Å². The second-order valence-corrected chi connectivity index (χ2v) is 8.44. The topological polar surface area (TPSA) is 59.2 Å². The van der Waals surface area contributed by atoms with Crippen molar-refractivity contribution in [1.29, 1.82) is 0 Å². The largest absolute Gasteiger partial charge is 0.333 e. The molecule has 3 amide bonds. The fraction of sp³-hybridized carbons (Fsp3) is 0.545. The number of hydrogen-bond donors (Lipinski definition) is 0. The smallest absolute Gasteiger partial charge is 0.292 e. The van der Waals surface area contributed by atoms with E-state index < -0.39 is 6.04 Å². The quantitative estimate of drug-likeness (QED) is 0.712. The van der Waals surface area contributed by atoms with E-state index in [4.69, 9.17) is 4.99 Å². The summed E-state index contributed by atoms with van der Waals surface area (Å²) in [6.07, 6.45) is 3.29. The molecule has 0 radical (unpaired) electrons. The number of aliphatic imine (C=N–C) groups is 1. The number of hydrogen-bond acceptors (Lipinski definition) is 4. The minimum Gasteiger partial charge on any atom is -0.292 e. The SMILES string of the molecule is CC1CCCN(CC2=[N+](CCc3ccccc3)C3C(=O)N(C)C(=O)N(C)C3=N2)C1. The Morgan fingerprint density at radius 1 is 1.14 bits per heavy atom. The van der Waals surface area contributed by atoms with E-state index in [2.05, 4.69) is 28.5 Å². The van der Waals surface area contributed by atoms with Crippen molar-refractivity contribution in [2.45, 2.75) is 32.2 Å². The van der Waals surface area contributed by atoms with Crippen LogP contribution in [-0.2, 0) is 11.2 Å². The van der Waals surface area contributed by atoms with Crippen molar-refractivity contribution in [3.8, 4) is 0 Å². The standard InChI is InChI=1S/C22H30N5O2/c1-16-8-7-12-26(14-16)15-18-23-20-19(21(28)25(3)22(29)24(20)2)27(18)13-11-17-9-5-4-6-10-17/h4-6,9-10,16,19H,7-8,11-15H2,1-3H3/q+1. The number of carbonyl (C=O) groups is 2. The molecule has 2 unspecified atom stereocenters. The number of rotatable bonds is 5. The number of amidine groups is 2. The zero-order chi connectivity index (χ0) is 20.5. The van der Waals surface area contributed by atoms with Crippen LogP contribution in [0.25, 0.3) is 0 Å². The van der Waals surface area contributed by atoms with Crippen molar-refractivity contribution in [3.63, 3.8) is 0 Å². The van der Waals surface area contributed by atoms with Crippen molar-refractivity contribution in [1.82, 2.24) is 14.7 Å². The lowest BCUT2D eigenvalue weighted by atomic mass is 10.0. The van der Waals surface area contributed by atoms with E-state index in [1.165, 1.54) is 28.2 Å². The molecule has 7 nitrogen and oxygen atoms in total. The van der Waals surface area contributed by atoms with Gasteiger partial charge in [0.05, 0.1) is 6.54 Å². The summed E-state index contributed by atoms with van der Waals surface area (Å²) in [6, 6.07) is 9.46. The molecule has 0 bridgehead atoms. The predicted molar refractivity (Wildman–Crippen MR) is 112 cm³/mol. The van der Waals surface area contributed by atoms with E-state index in [9.17, 15) is 9.59 Å². The predicted octanol–water partition coefficient (Wildman–Crippen LogP) is 1.68. The fourth-order valence-electron chi connectivity index (χ4n) is 4.56. The monoisotopic (exact) mass is 396 g/mol. The lowest BCUT2D eigenvalue weighted by Crippen LogP contribution is -2.61. The molecule has 2 fully saturated rings. The van der Waals surface area contributed by atoms with Gasteiger partial charge in [-0.05, 0) is 35.9 Å². The van der Waals surface area contributed by atoms with Crippen LogP contribution in [0.4, 0.5) is 4.79 Å². The van der Waals surface area contributed by atoms with E-state index in [0.717, 1.165) is 31.9 Å². The minimum atomic E-state index is -0.511. The number of carbonyl (C=O) groups excluding carboxylic acids is 2. The highest BCUT2D eigenvalue weighted by atomic mass is 16.2. The molecule has 0 spiro atoms. The lowest BCUT2D eigenvalue weighted by Gasteiger charge is -2.31. The molecular weight excluding hydrogens is 366 g/mol. The normalized spacial score (nSPS) is 25.6. The Balaban J connectivity index is 1.63. The van der Waals surface area contributed by atoms with Gasteiger partial charge in [0.1, 0.15) is 6.54 Å². The number of amides is 3. The molecule has 7 heteroatoms. The molecule has 3 aliphatic rings. The summed E-state index contributed by atoms with van der Waals surface area (Å²) < 4.78 is 2.11. The summed E-state index contributed by atoms with van der Waals surface area (Å²) in [5, 5.41) is 0. The van der Waals surface area contributed by atoms with Crippen LogP contribution in [0.3, 0.4) is 0 Å². The van der Waals surface area contributed by atoms with Gasteiger partial charge in [-0.1, -0.05) is 37.3 Å². The van der Waals surface area contributed by atoms with Gasteiger partial charge >= 0.3 is 11.9 Å². The van der Waals surface area contributed by atoms with Gasteiger partial charge in [0, 0.05) is 27.1 Å². The molecular formula is C22H30N5O2+. The molecule has 3 aliphatic heterocycles. The average Bonchev–Trinajstić information content (AvgIpc) is 3.08. The second kappa shape index (κ2) is 8.06. The summed E-state index contributed by atoms with van der Waals surface area (Å²) >= 11 is 0. The maximum absolute atomic E-state index is 13.0. The molecule has 0 N–H and O–H groups in total. The first-order valence-corrected chi connectivity index (χ1v) is 10.5. The zero-order valence-electron chi connectivity index (χ0n) is 17.5. The number of piperidine rings is 1. The second-order valence-electron chi connectivity index (χ2n) is 8.44. The molecule has 2 atom stereocenters. The maximum atomic E-state index is 13.0. The Kier molecular flexibility index (Phi) is 5.50. The molecule has 29 heavy (non-hydrogen) atoms. The van der Waals surface area contributed by atoms with E-state index in [1.54, 1.807) is 14.1 Å². The van der Waals surface area contributed by atoms with Crippen molar-refractivity contribution < 1.29 is 14.2 Å². The van der Waals surface area contributed by atoms with Crippen LogP contribution in [0, 0.1) is 5.92 Å². The summed E-state index contributed by atoms with van der Waals surface area (Å²) in [5.41, 5.74) is 1.23. The highest BCUT2D eigenvalue weighted by Crippen LogP contribution is 2.21. The van der Waals surface area contributed by atoms with Crippen LogP contribution in [-0.4, -0.2) is 89.2 Å². The summed E-state index contributed by atoms with van der Waals surface area (Å²) in [7, 11) is 3.26. The molecule has 4 rings (SSSR count). The Hall–Kier alpha value is -2.54. The summed E-state index contributed by atoms with van der Waals surface area (Å²) in [5.74, 6) is 1.95. The molecule has 0 aliphatic carbocycles. The van der Waals surface area contributed by atoms with Crippen molar-refractivity contribution in [3.05, 3.63) is 35.9 Å². The molecule has 1 aromatic carbocycles. The van der Waals surface area contributed by atoms with Crippen LogP contribution in [0.2, 0.25) is 0 Å². The zero-order valence-corrected chi connectivity index (χ0v) is 17.5. The Morgan fingerprint density at radius 3 is 2.62 bits per heavy atom. The number of fused-ring (bicyclic) bond motifs is 1. The van der Waals surface area contributed by atoms with Crippen LogP contribution in [0.5, 0.6) is 0 Å². The van der Waals surface area contributed by atoms with Crippen molar-refractivity contribution in [2.75, 3.05) is 40.3 Å². The molecule has 3 heterocycles. The van der Waals surface area contributed by atoms with Crippen LogP contribution in [0.15, 0.2) is 35.3 Å². The number of likely N-dealkylation sites (N-methyl/N-ethyl adjacent to an activating group) is 2. The molecule has 1 aromatic rings. The Labute approximate surface area is 172 Å². The minimum absolute atomic E-state index is 0.193. The van der Waals surface area contributed by atoms with E-state index in [-0.39, 0.29) is 11.9 Å². The first kappa shape index (κ1) is 19.8. The van der Waals surface area contributed by atoms with Crippen LogP contribution in [0.1, 0.15) is 25.3 Å². The molecule has 0 saturated carbocycles. The Morgan fingerprint density at radius 2 is 1.90 bits per heavy atom. The third-order valence-electron chi connectivity index (χ3n) is 6.20. The van der Waals surface area contributed by atoms with Crippen molar-refractivity contribution >= 4 is 23.6 Å². The first-order valence-electron chi connectivity index (χ1n) is 10.5. The molecule has 0 aromatic heterocycles. The number of likely N-dealkylation sites (tertiary alicyclic amines) is 1. The van der Waals surface area contributed by atoms with E-state index in [0.29, 0.717) is 18.3 Å². The van der Waals surface area contributed by atoms with Gasteiger partial charge in [-0.15, -0.1) is 0 Å². The van der Waals surface area contributed by atoms with Gasteiger partial charge in [0.2, 0.25) is 0 Å². The third-order valence-corrected chi connectivity index (χ3v) is 6.20. The highest BCUT2D eigenvalue weighted by molar-refractivity contribution is 6.23. The average molecular weight is 397 g/mol. The molecule has 2 saturated heterocycles. The van der Waals surface area contributed by atoms with E-state index >= 15 is 0 Å². The summed E-state index contributed by atoms with van der Waals surface area (Å²) in [4.78, 5) is 35.4. The van der Waals surface area contributed by atoms with Crippen LogP contribution >= 0.6 is 0 Å². The first-order chi connectivity index (χ1) is 14.0.